The van der Waals surface area contributed by atoms with E-state index >= 15 is 0 Å². The van der Waals surface area contributed by atoms with Crippen LogP contribution in [0, 0.1) is 5.92 Å². The Bertz CT molecular complexity index is 690. The minimum absolute atomic E-state index is 0.495. The predicted molar refractivity (Wildman–Crippen MR) is 130 cm³/mol. The smallest absolute Gasteiger partial charge is 0.0957 e. The maximum Gasteiger partial charge on any atom is 0.0957 e. The Morgan fingerprint density at radius 3 is 1.93 bits per heavy atom. The van der Waals surface area contributed by atoms with Gasteiger partial charge in [0, 0.05) is 25.6 Å². The molecule has 0 N–H and O–H groups in total. The summed E-state index contributed by atoms with van der Waals surface area (Å²) in [5.41, 5.74) is 2.91. The van der Waals surface area contributed by atoms with Gasteiger partial charge in [-0.2, -0.15) is 0 Å². The van der Waals surface area contributed by atoms with Gasteiger partial charge in [-0.1, -0.05) is 99.7 Å². The molecule has 1 aliphatic rings. The van der Waals surface area contributed by atoms with E-state index in [-0.39, 0.29) is 0 Å². The number of unbranched alkanes of at least 4 members (excludes halogenated alkanes) is 5. The van der Waals surface area contributed by atoms with Gasteiger partial charge in [0.2, 0.25) is 0 Å². The van der Waals surface area contributed by atoms with Crippen molar-refractivity contribution in [3.05, 3.63) is 71.8 Å². The molecule has 0 atom stereocenters. The van der Waals surface area contributed by atoms with E-state index in [1.165, 1.54) is 68.3 Å². The molecule has 0 aliphatic carbocycles. The topological polar surface area (TPSA) is 15.6 Å². The molecule has 1 fully saturated rings. The molecule has 1 saturated heterocycles. The Morgan fingerprint density at radius 2 is 1.37 bits per heavy atom. The second-order valence-corrected chi connectivity index (χ2v) is 8.82. The van der Waals surface area contributed by atoms with Crippen molar-refractivity contribution >= 4 is 5.84 Å². The summed E-state index contributed by atoms with van der Waals surface area (Å²) in [6.45, 7) is 7.75. The van der Waals surface area contributed by atoms with E-state index in [1.807, 2.05) is 0 Å². The number of likely N-dealkylation sites (tertiary alicyclic amines) is 1. The lowest BCUT2D eigenvalue weighted by Crippen LogP contribution is -2.39. The van der Waals surface area contributed by atoms with Crippen LogP contribution in [0.1, 0.15) is 82.3 Å². The van der Waals surface area contributed by atoms with Crippen LogP contribution in [-0.2, 0) is 0 Å². The van der Waals surface area contributed by atoms with Crippen molar-refractivity contribution in [2.45, 2.75) is 71.1 Å². The van der Waals surface area contributed by atoms with Crippen LogP contribution >= 0.6 is 0 Å². The van der Waals surface area contributed by atoms with Crippen molar-refractivity contribution in [3.63, 3.8) is 0 Å². The number of aliphatic imine (C=N–C) groups is 1. The molecule has 162 valence electrons. The summed E-state index contributed by atoms with van der Waals surface area (Å²) >= 11 is 0. The minimum atomic E-state index is 0.495. The Balaban J connectivity index is 1.53. The third-order valence-electron chi connectivity index (χ3n) is 6.64. The van der Waals surface area contributed by atoms with E-state index in [4.69, 9.17) is 4.99 Å². The molecule has 2 aromatic rings. The van der Waals surface area contributed by atoms with Crippen LogP contribution in [0.15, 0.2) is 65.7 Å². The van der Waals surface area contributed by atoms with Crippen molar-refractivity contribution in [2.75, 3.05) is 19.6 Å². The molecule has 0 bridgehead atoms. The van der Waals surface area contributed by atoms with Gasteiger partial charge in [-0.15, -0.1) is 0 Å². The van der Waals surface area contributed by atoms with Crippen LogP contribution in [-0.4, -0.2) is 30.4 Å². The van der Waals surface area contributed by atoms with Crippen molar-refractivity contribution in [3.8, 4) is 0 Å². The summed E-state index contributed by atoms with van der Waals surface area (Å²) in [7, 11) is 0. The van der Waals surface area contributed by atoms with E-state index in [9.17, 15) is 0 Å². The van der Waals surface area contributed by atoms with Crippen LogP contribution in [0.3, 0.4) is 0 Å². The molecular weight excluding hydrogens is 364 g/mol. The summed E-state index contributed by atoms with van der Waals surface area (Å²) < 4.78 is 0. The highest BCUT2D eigenvalue weighted by Gasteiger charge is 2.29. The average Bonchev–Trinajstić information content (AvgIpc) is 2.80. The summed E-state index contributed by atoms with van der Waals surface area (Å²) in [5.74, 6) is 2.44. The number of benzene rings is 2. The van der Waals surface area contributed by atoms with E-state index in [2.05, 4.69) is 79.4 Å². The first kappa shape index (κ1) is 22.6. The molecule has 0 unspecified atom stereocenters. The van der Waals surface area contributed by atoms with Gasteiger partial charge in [-0.3, -0.25) is 4.99 Å². The average molecular weight is 405 g/mol. The number of nitrogens with zero attached hydrogens (tertiary/aromatic N) is 2. The summed E-state index contributed by atoms with van der Waals surface area (Å²) in [4.78, 5) is 7.41. The number of hydrogen-bond donors (Lipinski definition) is 0. The lowest BCUT2D eigenvalue weighted by molar-refractivity contribution is 0.248. The molecule has 0 amide bonds. The van der Waals surface area contributed by atoms with Gasteiger partial charge >= 0.3 is 0 Å². The van der Waals surface area contributed by atoms with Gasteiger partial charge in [0.1, 0.15) is 0 Å². The molecule has 0 saturated carbocycles. The van der Waals surface area contributed by atoms with Crippen LogP contribution in [0.5, 0.6) is 0 Å². The van der Waals surface area contributed by atoms with Crippen molar-refractivity contribution in [1.29, 1.82) is 0 Å². The molecular formula is C28H40N2. The zero-order valence-electron chi connectivity index (χ0n) is 19.1. The van der Waals surface area contributed by atoms with Gasteiger partial charge in [-0.05, 0) is 43.2 Å². The minimum Gasteiger partial charge on any atom is -0.361 e. The summed E-state index contributed by atoms with van der Waals surface area (Å²) in [6, 6.07) is 22.2. The monoisotopic (exact) mass is 404 g/mol. The molecule has 0 aromatic heterocycles. The predicted octanol–water partition coefficient (Wildman–Crippen LogP) is 7.31. The first-order valence-corrected chi connectivity index (χ1v) is 12.2. The van der Waals surface area contributed by atoms with E-state index < -0.39 is 0 Å². The zero-order chi connectivity index (χ0) is 21.0. The number of amidine groups is 1. The van der Waals surface area contributed by atoms with Crippen LogP contribution in [0.2, 0.25) is 0 Å². The molecule has 0 radical (unpaired) electrons. The van der Waals surface area contributed by atoms with Gasteiger partial charge < -0.3 is 4.90 Å². The summed E-state index contributed by atoms with van der Waals surface area (Å²) in [5, 5.41) is 0. The van der Waals surface area contributed by atoms with E-state index in [1.54, 1.807) is 0 Å². The lowest BCUT2D eigenvalue weighted by atomic mass is 9.76. The second-order valence-electron chi connectivity index (χ2n) is 8.82. The maximum absolute atomic E-state index is 4.89. The third-order valence-corrected chi connectivity index (χ3v) is 6.64. The molecule has 2 heteroatoms. The zero-order valence-corrected chi connectivity index (χ0v) is 19.1. The molecule has 1 aliphatic heterocycles. The second kappa shape index (κ2) is 12.6. The fourth-order valence-electron chi connectivity index (χ4n) is 4.85. The van der Waals surface area contributed by atoms with Gasteiger partial charge in [-0.25, -0.2) is 0 Å². The fourth-order valence-corrected chi connectivity index (χ4v) is 4.85. The van der Waals surface area contributed by atoms with E-state index in [0.29, 0.717) is 11.8 Å². The molecule has 1 heterocycles. The standard InChI is InChI=1S/C28H40N2/c1-3-4-5-6-7-14-21-29-24(2)30-22-19-27(20-23-30)28(25-15-10-8-11-16-25)26-17-12-9-13-18-26/h8-13,15-18,27-28H,3-7,14,19-23H2,1-2H3. The Kier molecular flexibility index (Phi) is 9.47. The molecule has 0 spiro atoms. The Labute approximate surface area is 184 Å². The Hall–Kier alpha value is -2.09. The Morgan fingerprint density at radius 1 is 0.833 bits per heavy atom. The molecule has 30 heavy (non-hydrogen) atoms. The lowest BCUT2D eigenvalue weighted by Gasteiger charge is -2.37. The third kappa shape index (κ3) is 6.72. The highest BCUT2D eigenvalue weighted by atomic mass is 15.2. The molecule has 2 aromatic carbocycles. The number of piperidine rings is 1. The first-order valence-electron chi connectivity index (χ1n) is 12.2. The van der Waals surface area contributed by atoms with Crippen molar-refractivity contribution in [2.24, 2.45) is 10.9 Å². The fraction of sp³-hybridized carbons (Fsp3) is 0.536. The van der Waals surface area contributed by atoms with Gasteiger partial charge in [0.25, 0.3) is 0 Å². The molecule has 2 nitrogen and oxygen atoms in total. The number of rotatable bonds is 10. The summed E-state index contributed by atoms with van der Waals surface area (Å²) in [6.07, 6.45) is 10.5. The largest absolute Gasteiger partial charge is 0.361 e. The van der Waals surface area contributed by atoms with Crippen LogP contribution < -0.4 is 0 Å². The van der Waals surface area contributed by atoms with Crippen LogP contribution in [0.25, 0.3) is 0 Å². The SMILES string of the molecule is CCCCCCCCN=C(C)N1CCC(C(c2ccccc2)c2ccccc2)CC1. The van der Waals surface area contributed by atoms with E-state index in [0.717, 1.165) is 19.6 Å². The first-order chi connectivity index (χ1) is 14.8. The maximum atomic E-state index is 4.89. The normalized spacial score (nSPS) is 15.7. The van der Waals surface area contributed by atoms with Crippen LogP contribution in [0.4, 0.5) is 0 Å². The van der Waals surface area contributed by atoms with Crippen molar-refractivity contribution in [1.82, 2.24) is 4.90 Å². The number of hydrogen-bond acceptors (Lipinski definition) is 1. The van der Waals surface area contributed by atoms with Gasteiger partial charge in [0.05, 0.1) is 5.84 Å². The quantitative estimate of drug-likeness (QED) is 0.230. The van der Waals surface area contributed by atoms with Gasteiger partial charge in [0.15, 0.2) is 0 Å². The highest BCUT2D eigenvalue weighted by Crippen LogP contribution is 2.37. The molecule has 3 rings (SSSR count). The van der Waals surface area contributed by atoms with Crippen molar-refractivity contribution < 1.29 is 0 Å². The highest BCUT2D eigenvalue weighted by molar-refractivity contribution is 5.79.